The summed E-state index contributed by atoms with van der Waals surface area (Å²) in [6.07, 6.45) is 0.125. The standard InChI is InChI=1S/2C9H10O2S.C2H6O2/c2*10-9(11)6-8(12)7-4-2-1-3-5-7;3-1-2-4/h2*1-5,8,12H,6H2,(H,10,11);3-4H,1-2H2. The lowest BCUT2D eigenvalue weighted by molar-refractivity contribution is -0.138. The van der Waals surface area contributed by atoms with Crippen molar-refractivity contribution < 1.29 is 30.0 Å². The van der Waals surface area contributed by atoms with Gasteiger partial charge in [0.05, 0.1) is 26.1 Å². The Bertz CT molecular complexity index is 607. The number of carbonyl (C=O) groups is 2. The van der Waals surface area contributed by atoms with E-state index in [-0.39, 0.29) is 36.6 Å². The molecule has 0 amide bonds. The highest BCUT2D eigenvalue weighted by atomic mass is 32.1. The molecule has 0 spiro atoms. The average Bonchev–Trinajstić information content (AvgIpc) is 2.69. The number of hydrogen-bond donors (Lipinski definition) is 6. The minimum atomic E-state index is -0.821. The van der Waals surface area contributed by atoms with Crippen LogP contribution in [0.5, 0.6) is 0 Å². The number of thiol groups is 2. The highest BCUT2D eigenvalue weighted by molar-refractivity contribution is 7.80. The maximum Gasteiger partial charge on any atom is 0.304 e. The number of rotatable bonds is 7. The Morgan fingerprint density at radius 1 is 0.679 bits per heavy atom. The van der Waals surface area contributed by atoms with Crippen LogP contribution >= 0.6 is 25.3 Å². The molecular formula is C20H26O6S2. The Balaban J connectivity index is 0.000000439. The quantitative estimate of drug-likeness (QED) is 0.379. The first-order valence-corrected chi connectivity index (χ1v) is 9.46. The topological polar surface area (TPSA) is 115 Å². The van der Waals surface area contributed by atoms with Crippen LogP contribution in [0, 0.1) is 0 Å². The predicted molar refractivity (Wildman–Crippen MR) is 115 cm³/mol. The second-order valence-electron chi connectivity index (χ2n) is 5.50. The van der Waals surface area contributed by atoms with Crippen molar-refractivity contribution in [2.75, 3.05) is 13.2 Å². The maximum absolute atomic E-state index is 10.3. The highest BCUT2D eigenvalue weighted by Gasteiger charge is 2.10. The second kappa shape index (κ2) is 16.0. The van der Waals surface area contributed by atoms with Crippen molar-refractivity contribution in [3.63, 3.8) is 0 Å². The van der Waals surface area contributed by atoms with Crippen molar-refractivity contribution in [3.05, 3.63) is 71.8 Å². The molecule has 0 saturated carbocycles. The number of aliphatic hydroxyl groups excluding tert-OH is 2. The van der Waals surface area contributed by atoms with Gasteiger partial charge in [-0.15, -0.1) is 0 Å². The molecule has 6 nitrogen and oxygen atoms in total. The zero-order valence-corrected chi connectivity index (χ0v) is 17.0. The minimum absolute atomic E-state index is 0.0626. The normalized spacial score (nSPS) is 11.7. The molecule has 154 valence electrons. The number of benzene rings is 2. The monoisotopic (exact) mass is 426 g/mol. The van der Waals surface area contributed by atoms with E-state index in [0.29, 0.717) is 0 Å². The molecule has 8 heteroatoms. The Kier molecular flexibility index (Phi) is 14.9. The van der Waals surface area contributed by atoms with Gasteiger partial charge in [-0.3, -0.25) is 9.59 Å². The lowest BCUT2D eigenvalue weighted by Crippen LogP contribution is -2.00. The van der Waals surface area contributed by atoms with E-state index in [4.69, 9.17) is 20.4 Å². The number of carboxylic acids is 2. The summed E-state index contributed by atoms with van der Waals surface area (Å²) >= 11 is 8.36. The van der Waals surface area contributed by atoms with Gasteiger partial charge in [-0.1, -0.05) is 60.7 Å². The largest absolute Gasteiger partial charge is 0.481 e. The smallest absolute Gasteiger partial charge is 0.304 e. The summed E-state index contributed by atoms with van der Waals surface area (Å²) in [7, 11) is 0. The van der Waals surface area contributed by atoms with Crippen molar-refractivity contribution in [2.45, 2.75) is 23.3 Å². The van der Waals surface area contributed by atoms with Crippen LogP contribution in [0.4, 0.5) is 0 Å². The summed E-state index contributed by atoms with van der Waals surface area (Å²) in [5, 5.41) is 31.8. The molecule has 4 N–H and O–H groups in total. The Morgan fingerprint density at radius 3 is 1.18 bits per heavy atom. The van der Waals surface area contributed by atoms with Gasteiger partial charge < -0.3 is 20.4 Å². The molecule has 0 fully saturated rings. The summed E-state index contributed by atoms with van der Waals surface area (Å²) in [6, 6.07) is 18.8. The second-order valence-corrected chi connectivity index (χ2v) is 6.74. The molecule has 0 saturated heterocycles. The van der Waals surface area contributed by atoms with Gasteiger partial charge in [0.25, 0.3) is 0 Å². The lowest BCUT2D eigenvalue weighted by Gasteiger charge is -2.06. The number of aliphatic carboxylic acids is 2. The van der Waals surface area contributed by atoms with Crippen molar-refractivity contribution >= 4 is 37.2 Å². The molecule has 0 heterocycles. The fourth-order valence-electron chi connectivity index (χ4n) is 1.92. The third-order valence-corrected chi connectivity index (χ3v) is 4.17. The fourth-order valence-corrected chi connectivity index (χ4v) is 2.57. The van der Waals surface area contributed by atoms with Crippen LogP contribution in [0.1, 0.15) is 34.5 Å². The number of carboxylic acid groups (broad SMARTS) is 2. The molecular weight excluding hydrogens is 400 g/mol. The van der Waals surface area contributed by atoms with E-state index < -0.39 is 11.9 Å². The third-order valence-electron chi connectivity index (χ3n) is 3.20. The molecule has 2 atom stereocenters. The summed E-state index contributed by atoms with van der Waals surface area (Å²) in [4.78, 5) is 20.7. The van der Waals surface area contributed by atoms with Crippen LogP contribution in [0.15, 0.2) is 60.7 Å². The van der Waals surface area contributed by atoms with E-state index in [1.54, 1.807) is 0 Å². The summed E-state index contributed by atoms with van der Waals surface area (Å²) < 4.78 is 0. The van der Waals surface area contributed by atoms with E-state index in [2.05, 4.69) is 25.3 Å². The lowest BCUT2D eigenvalue weighted by atomic mass is 10.1. The first-order valence-electron chi connectivity index (χ1n) is 8.43. The van der Waals surface area contributed by atoms with Gasteiger partial charge in [-0.05, 0) is 11.1 Å². The first-order chi connectivity index (χ1) is 13.3. The molecule has 0 bridgehead atoms. The van der Waals surface area contributed by atoms with Gasteiger partial charge in [0.15, 0.2) is 0 Å². The summed E-state index contributed by atoms with van der Waals surface area (Å²) in [6.45, 7) is -0.250. The highest BCUT2D eigenvalue weighted by Crippen LogP contribution is 2.23. The Morgan fingerprint density at radius 2 is 0.964 bits per heavy atom. The van der Waals surface area contributed by atoms with E-state index in [9.17, 15) is 9.59 Å². The van der Waals surface area contributed by atoms with Crippen molar-refractivity contribution in [3.8, 4) is 0 Å². The summed E-state index contributed by atoms with van der Waals surface area (Å²) in [5.74, 6) is -1.64. The maximum atomic E-state index is 10.3. The van der Waals surface area contributed by atoms with Gasteiger partial charge in [0, 0.05) is 10.5 Å². The molecule has 0 aliphatic rings. The average molecular weight is 427 g/mol. The SMILES string of the molecule is O=C(O)CC(S)c1ccccc1.O=C(O)CC(S)c1ccccc1.OCCO. The van der Waals surface area contributed by atoms with Gasteiger partial charge in [-0.2, -0.15) is 25.3 Å². The minimum Gasteiger partial charge on any atom is -0.481 e. The molecule has 0 aliphatic carbocycles. The van der Waals surface area contributed by atoms with Crippen LogP contribution in [0.2, 0.25) is 0 Å². The molecule has 0 radical (unpaired) electrons. The van der Waals surface area contributed by atoms with Crippen molar-refractivity contribution in [1.29, 1.82) is 0 Å². The fraction of sp³-hybridized carbons (Fsp3) is 0.300. The van der Waals surface area contributed by atoms with Crippen LogP contribution in [-0.2, 0) is 9.59 Å². The third kappa shape index (κ3) is 13.2. The molecule has 2 aromatic rings. The Hall–Kier alpha value is -2.00. The van der Waals surface area contributed by atoms with Gasteiger partial charge in [-0.25, -0.2) is 0 Å². The van der Waals surface area contributed by atoms with E-state index >= 15 is 0 Å². The van der Waals surface area contributed by atoms with Crippen LogP contribution in [0.3, 0.4) is 0 Å². The van der Waals surface area contributed by atoms with E-state index in [0.717, 1.165) is 11.1 Å². The first kappa shape index (κ1) is 26.0. The zero-order valence-electron chi connectivity index (χ0n) is 15.3. The van der Waals surface area contributed by atoms with Crippen molar-refractivity contribution in [1.82, 2.24) is 0 Å². The summed E-state index contributed by atoms with van der Waals surface area (Å²) in [5.41, 5.74) is 1.89. The molecule has 2 aromatic carbocycles. The molecule has 2 unspecified atom stereocenters. The predicted octanol–water partition coefficient (Wildman–Crippen LogP) is 3.24. The van der Waals surface area contributed by atoms with Crippen LogP contribution < -0.4 is 0 Å². The number of aliphatic hydroxyl groups is 2. The van der Waals surface area contributed by atoms with Gasteiger partial charge in [0.2, 0.25) is 0 Å². The molecule has 28 heavy (non-hydrogen) atoms. The zero-order chi connectivity index (χ0) is 21.4. The Labute approximate surface area is 175 Å². The molecule has 0 aromatic heterocycles. The molecule has 2 rings (SSSR count). The van der Waals surface area contributed by atoms with Crippen molar-refractivity contribution in [2.24, 2.45) is 0 Å². The van der Waals surface area contributed by atoms with Gasteiger partial charge in [0.1, 0.15) is 0 Å². The van der Waals surface area contributed by atoms with Crippen LogP contribution in [-0.4, -0.2) is 45.6 Å². The van der Waals surface area contributed by atoms with Crippen LogP contribution in [0.25, 0.3) is 0 Å². The molecule has 0 aliphatic heterocycles. The van der Waals surface area contributed by atoms with E-state index in [1.165, 1.54) is 0 Å². The van der Waals surface area contributed by atoms with E-state index in [1.807, 2.05) is 60.7 Å². The van der Waals surface area contributed by atoms with Gasteiger partial charge >= 0.3 is 11.9 Å². The number of hydrogen-bond acceptors (Lipinski definition) is 6.